The molecule has 0 atom stereocenters. The minimum absolute atomic E-state index is 0.561. The second-order valence-electron chi connectivity index (χ2n) is 4.06. The lowest BCUT2D eigenvalue weighted by molar-refractivity contribution is 0.213. The van der Waals surface area contributed by atoms with Crippen molar-refractivity contribution in [1.29, 1.82) is 5.41 Å². The van der Waals surface area contributed by atoms with Crippen LogP contribution in [0.5, 0.6) is 0 Å². The van der Waals surface area contributed by atoms with E-state index < -0.39 is 0 Å². The standard InChI is InChI=1S/C12H14N4S/c1-17-12-14-10-6-3-2-5-9(10)11(13)15-7-4-8-16(12)15/h2-3,5-6,13H,4,7-8H2,1H3. The first-order valence-electron chi connectivity index (χ1n) is 5.67. The van der Waals surface area contributed by atoms with E-state index in [2.05, 4.69) is 10.0 Å². The monoisotopic (exact) mass is 246 g/mol. The van der Waals surface area contributed by atoms with Crippen LogP contribution in [0.25, 0.3) is 0 Å². The lowest BCUT2D eigenvalue weighted by Crippen LogP contribution is -2.42. The molecular formula is C12H14N4S. The maximum atomic E-state index is 8.30. The summed E-state index contributed by atoms with van der Waals surface area (Å²) in [5, 5.41) is 13.4. The van der Waals surface area contributed by atoms with Crippen LogP contribution < -0.4 is 0 Å². The van der Waals surface area contributed by atoms with E-state index in [1.807, 2.05) is 35.5 Å². The van der Waals surface area contributed by atoms with E-state index in [0.717, 1.165) is 35.9 Å². The third kappa shape index (κ3) is 1.61. The molecule has 0 aromatic heterocycles. The molecule has 1 fully saturated rings. The third-order valence-electron chi connectivity index (χ3n) is 3.07. The van der Waals surface area contributed by atoms with Crippen molar-refractivity contribution >= 4 is 28.5 Å². The molecule has 88 valence electrons. The molecule has 4 nitrogen and oxygen atoms in total. The van der Waals surface area contributed by atoms with E-state index in [1.54, 1.807) is 11.8 Å². The Morgan fingerprint density at radius 3 is 2.82 bits per heavy atom. The van der Waals surface area contributed by atoms with Crippen LogP contribution in [0.3, 0.4) is 0 Å². The first-order valence-corrected chi connectivity index (χ1v) is 6.89. The number of nitrogens with zero attached hydrogens (tertiary/aromatic N) is 3. The number of para-hydroxylation sites is 1. The van der Waals surface area contributed by atoms with Gasteiger partial charge in [0.25, 0.3) is 0 Å². The van der Waals surface area contributed by atoms with Crippen molar-refractivity contribution in [2.24, 2.45) is 4.99 Å². The first-order chi connectivity index (χ1) is 8.31. The predicted molar refractivity (Wildman–Crippen MR) is 71.9 cm³/mol. The fourth-order valence-electron chi connectivity index (χ4n) is 2.27. The molecule has 1 N–H and O–H groups in total. The maximum absolute atomic E-state index is 8.30. The zero-order chi connectivity index (χ0) is 11.8. The van der Waals surface area contributed by atoms with Gasteiger partial charge < -0.3 is 0 Å². The molecule has 0 aliphatic carbocycles. The summed E-state index contributed by atoms with van der Waals surface area (Å²) in [6.07, 6.45) is 3.12. The fraction of sp³-hybridized carbons (Fsp3) is 0.333. The van der Waals surface area contributed by atoms with E-state index in [0.29, 0.717) is 5.84 Å². The molecule has 0 bridgehead atoms. The molecule has 0 amide bonds. The van der Waals surface area contributed by atoms with Gasteiger partial charge in [-0.1, -0.05) is 23.9 Å². The van der Waals surface area contributed by atoms with Crippen molar-refractivity contribution in [3.05, 3.63) is 29.8 Å². The summed E-state index contributed by atoms with van der Waals surface area (Å²) in [5.41, 5.74) is 1.82. The highest BCUT2D eigenvalue weighted by Crippen LogP contribution is 2.30. The highest BCUT2D eigenvalue weighted by atomic mass is 32.2. The van der Waals surface area contributed by atoms with Gasteiger partial charge in [-0.2, -0.15) is 0 Å². The highest BCUT2D eigenvalue weighted by Gasteiger charge is 2.31. The highest BCUT2D eigenvalue weighted by molar-refractivity contribution is 8.13. The smallest absolute Gasteiger partial charge is 0.183 e. The van der Waals surface area contributed by atoms with Crippen LogP contribution in [-0.2, 0) is 0 Å². The molecular weight excluding hydrogens is 232 g/mol. The number of fused-ring (bicyclic) bond motifs is 2. The Balaban J connectivity index is 2.15. The average molecular weight is 246 g/mol. The summed E-state index contributed by atoms with van der Waals surface area (Å²) < 4.78 is 0. The molecule has 2 heterocycles. The summed E-state index contributed by atoms with van der Waals surface area (Å²) in [7, 11) is 0. The minimum atomic E-state index is 0.561. The number of nitrogens with one attached hydrogen (secondary N) is 1. The Hall–Kier alpha value is -1.49. The number of aliphatic imine (C=N–C) groups is 1. The molecule has 2 aliphatic rings. The number of hydrazine groups is 1. The average Bonchev–Trinajstić information content (AvgIpc) is 2.81. The zero-order valence-electron chi connectivity index (χ0n) is 9.68. The number of rotatable bonds is 0. The maximum Gasteiger partial charge on any atom is 0.183 e. The summed E-state index contributed by atoms with van der Waals surface area (Å²) in [6, 6.07) is 7.89. The van der Waals surface area contributed by atoms with Gasteiger partial charge in [0.15, 0.2) is 5.17 Å². The first kappa shape index (κ1) is 10.7. The SMILES string of the molecule is CSC1=Nc2ccccc2C(=N)N2CCCN12. The van der Waals surface area contributed by atoms with Gasteiger partial charge >= 0.3 is 0 Å². The molecule has 2 aliphatic heterocycles. The van der Waals surface area contributed by atoms with Crippen LogP contribution in [0.1, 0.15) is 12.0 Å². The van der Waals surface area contributed by atoms with Gasteiger partial charge in [-0.3, -0.25) is 15.4 Å². The largest absolute Gasteiger partial charge is 0.283 e. The number of amidine groups is 2. The van der Waals surface area contributed by atoms with Gasteiger partial charge in [0, 0.05) is 18.7 Å². The van der Waals surface area contributed by atoms with Crippen molar-refractivity contribution in [2.75, 3.05) is 19.3 Å². The molecule has 0 saturated carbocycles. The molecule has 17 heavy (non-hydrogen) atoms. The van der Waals surface area contributed by atoms with E-state index >= 15 is 0 Å². The Morgan fingerprint density at radius 1 is 1.24 bits per heavy atom. The fourth-order valence-corrected chi connectivity index (χ4v) is 2.86. The minimum Gasteiger partial charge on any atom is -0.283 e. The van der Waals surface area contributed by atoms with Crippen molar-refractivity contribution in [3.8, 4) is 0 Å². The van der Waals surface area contributed by atoms with E-state index in [4.69, 9.17) is 5.41 Å². The summed E-state index contributed by atoms with van der Waals surface area (Å²) >= 11 is 1.64. The van der Waals surface area contributed by atoms with Gasteiger partial charge in [-0.15, -0.1) is 0 Å². The number of hydrogen-bond acceptors (Lipinski definition) is 4. The topological polar surface area (TPSA) is 42.7 Å². The second-order valence-corrected chi connectivity index (χ2v) is 4.84. The number of thioether (sulfide) groups is 1. The van der Waals surface area contributed by atoms with Crippen LogP contribution in [0.2, 0.25) is 0 Å². The Morgan fingerprint density at radius 2 is 2.00 bits per heavy atom. The van der Waals surface area contributed by atoms with Crippen LogP contribution in [0, 0.1) is 5.41 Å². The van der Waals surface area contributed by atoms with Crippen LogP contribution in [-0.4, -0.2) is 40.4 Å². The molecule has 5 heteroatoms. The summed E-state index contributed by atoms with van der Waals surface area (Å²) in [5.74, 6) is 0.561. The zero-order valence-corrected chi connectivity index (χ0v) is 10.5. The van der Waals surface area contributed by atoms with Crippen molar-refractivity contribution in [2.45, 2.75) is 6.42 Å². The lowest BCUT2D eigenvalue weighted by Gasteiger charge is -2.29. The van der Waals surface area contributed by atoms with Crippen LogP contribution in [0.15, 0.2) is 29.3 Å². The molecule has 0 radical (unpaired) electrons. The van der Waals surface area contributed by atoms with E-state index in [1.165, 1.54) is 0 Å². The molecule has 0 unspecified atom stereocenters. The molecule has 1 saturated heterocycles. The van der Waals surface area contributed by atoms with Gasteiger partial charge in [0.2, 0.25) is 0 Å². The normalized spacial score (nSPS) is 18.6. The quantitative estimate of drug-likeness (QED) is 0.764. The van der Waals surface area contributed by atoms with Crippen molar-refractivity contribution < 1.29 is 0 Å². The molecule has 1 aromatic rings. The number of benzene rings is 1. The Kier molecular flexibility index (Phi) is 2.55. The molecule has 3 rings (SSSR count). The van der Waals surface area contributed by atoms with Crippen LogP contribution >= 0.6 is 11.8 Å². The second kappa shape index (κ2) is 4.07. The van der Waals surface area contributed by atoms with E-state index in [-0.39, 0.29) is 0 Å². The number of hydrogen-bond donors (Lipinski definition) is 1. The molecule has 1 aromatic carbocycles. The summed E-state index contributed by atoms with van der Waals surface area (Å²) in [6.45, 7) is 1.86. The predicted octanol–water partition coefficient (Wildman–Crippen LogP) is 2.30. The summed E-state index contributed by atoms with van der Waals surface area (Å²) in [4.78, 5) is 4.67. The Bertz CT molecular complexity index is 497. The van der Waals surface area contributed by atoms with Crippen molar-refractivity contribution in [1.82, 2.24) is 10.0 Å². The van der Waals surface area contributed by atoms with Crippen molar-refractivity contribution in [3.63, 3.8) is 0 Å². The van der Waals surface area contributed by atoms with Gasteiger partial charge in [-0.25, -0.2) is 4.99 Å². The van der Waals surface area contributed by atoms with Gasteiger partial charge in [0.1, 0.15) is 5.84 Å². The van der Waals surface area contributed by atoms with E-state index in [9.17, 15) is 0 Å². The Labute approximate surface area is 105 Å². The lowest BCUT2D eigenvalue weighted by atomic mass is 10.1. The molecule has 0 spiro atoms. The van der Waals surface area contributed by atoms with Crippen LogP contribution in [0.4, 0.5) is 5.69 Å². The van der Waals surface area contributed by atoms with Gasteiger partial charge in [-0.05, 0) is 24.8 Å². The third-order valence-corrected chi connectivity index (χ3v) is 3.74. The van der Waals surface area contributed by atoms with Gasteiger partial charge in [0.05, 0.1) is 5.69 Å².